The first kappa shape index (κ1) is 18.6. The smallest absolute Gasteiger partial charge is 0.337 e. The fraction of sp³-hybridized carbons (Fsp3) is 0.182. The number of carboxylic acid groups (broad SMARTS) is 3. The molecule has 0 aliphatic heterocycles. The second-order valence-corrected chi connectivity index (χ2v) is 3.15. The van der Waals surface area contributed by atoms with Gasteiger partial charge in [-0.3, -0.25) is 9.59 Å². The molecule has 0 amide bonds. The molecule has 1 aromatic rings. The molecule has 0 heterocycles. The topological polar surface area (TPSA) is 164 Å². The number of carboxylic acids is 3. The molecule has 0 aliphatic carbocycles. The molecule has 1 aromatic carbocycles. The number of nitrogens with two attached hydrogens (primary N) is 2. The van der Waals surface area contributed by atoms with Crippen LogP contribution in [-0.2, 0) is 9.59 Å². The van der Waals surface area contributed by atoms with Crippen LogP contribution in [0.1, 0.15) is 24.2 Å². The maximum Gasteiger partial charge on any atom is 0.337 e. The Balaban J connectivity index is 0. The van der Waals surface area contributed by atoms with Gasteiger partial charge in [0.1, 0.15) is 0 Å². The van der Waals surface area contributed by atoms with E-state index in [-0.39, 0.29) is 11.3 Å². The van der Waals surface area contributed by atoms with E-state index in [0.717, 1.165) is 13.8 Å². The largest absolute Gasteiger partial charge is 0.481 e. The molecule has 0 saturated heterocycles. The first-order chi connectivity index (χ1) is 8.59. The molecule has 0 atom stereocenters. The van der Waals surface area contributed by atoms with Crippen LogP contribution >= 0.6 is 0 Å². The zero-order valence-corrected chi connectivity index (χ0v) is 10.5. The van der Waals surface area contributed by atoms with Crippen LogP contribution in [0.15, 0.2) is 18.2 Å². The molecule has 106 valence electrons. The molecule has 8 heteroatoms. The third kappa shape index (κ3) is 11.5. The number of hydrogen-bond donors (Lipinski definition) is 5. The van der Waals surface area contributed by atoms with Crippen LogP contribution in [0.25, 0.3) is 0 Å². The summed E-state index contributed by atoms with van der Waals surface area (Å²) in [4.78, 5) is 28.4. The zero-order valence-electron chi connectivity index (χ0n) is 10.5. The average molecular weight is 272 g/mol. The summed E-state index contributed by atoms with van der Waals surface area (Å²) in [6.45, 7) is 2.17. The average Bonchev–Trinajstić information content (AvgIpc) is 2.20. The van der Waals surface area contributed by atoms with Crippen molar-refractivity contribution in [2.24, 2.45) is 0 Å². The predicted molar refractivity (Wildman–Crippen MR) is 68.8 cm³/mol. The molecule has 0 aliphatic rings. The summed E-state index contributed by atoms with van der Waals surface area (Å²) < 4.78 is 0. The number of nitrogen functional groups attached to an aromatic ring is 2. The van der Waals surface area contributed by atoms with Crippen molar-refractivity contribution in [2.45, 2.75) is 13.8 Å². The van der Waals surface area contributed by atoms with Crippen LogP contribution < -0.4 is 11.5 Å². The van der Waals surface area contributed by atoms with Crippen molar-refractivity contribution >= 4 is 29.3 Å². The van der Waals surface area contributed by atoms with Crippen molar-refractivity contribution < 1.29 is 29.7 Å². The SMILES string of the molecule is CC(=O)O.CC(=O)O.Nc1cccc(C(=O)O)c1N. The lowest BCUT2D eigenvalue weighted by molar-refractivity contribution is -0.135. The van der Waals surface area contributed by atoms with Gasteiger partial charge in [0.2, 0.25) is 0 Å². The van der Waals surface area contributed by atoms with Gasteiger partial charge < -0.3 is 26.8 Å². The summed E-state index contributed by atoms with van der Waals surface area (Å²) in [6.07, 6.45) is 0. The molecule has 7 N–H and O–H groups in total. The van der Waals surface area contributed by atoms with Crippen LogP contribution in [0, 0.1) is 0 Å². The van der Waals surface area contributed by atoms with Gasteiger partial charge in [0.15, 0.2) is 0 Å². The highest BCUT2D eigenvalue weighted by atomic mass is 16.4. The third-order valence-corrected chi connectivity index (χ3v) is 1.37. The Morgan fingerprint density at radius 1 is 0.947 bits per heavy atom. The van der Waals surface area contributed by atoms with Crippen molar-refractivity contribution in [3.8, 4) is 0 Å². The van der Waals surface area contributed by atoms with Crippen molar-refractivity contribution in [3.63, 3.8) is 0 Å². The van der Waals surface area contributed by atoms with Gasteiger partial charge in [0.25, 0.3) is 11.9 Å². The molecular weight excluding hydrogens is 256 g/mol. The Morgan fingerprint density at radius 2 is 1.32 bits per heavy atom. The summed E-state index contributed by atoms with van der Waals surface area (Å²) in [7, 11) is 0. The van der Waals surface area contributed by atoms with Crippen molar-refractivity contribution in [1.29, 1.82) is 0 Å². The van der Waals surface area contributed by atoms with E-state index in [1.807, 2.05) is 0 Å². The Hall–Kier alpha value is -2.77. The van der Waals surface area contributed by atoms with Crippen molar-refractivity contribution in [2.75, 3.05) is 11.5 Å². The van der Waals surface area contributed by atoms with Gasteiger partial charge in [0.05, 0.1) is 16.9 Å². The normalized spacial score (nSPS) is 8.11. The number of carbonyl (C=O) groups is 3. The molecule has 0 fully saturated rings. The molecule has 0 radical (unpaired) electrons. The molecule has 8 nitrogen and oxygen atoms in total. The van der Waals surface area contributed by atoms with Gasteiger partial charge in [-0.15, -0.1) is 0 Å². The monoisotopic (exact) mass is 272 g/mol. The lowest BCUT2D eigenvalue weighted by Gasteiger charge is -2.01. The lowest BCUT2D eigenvalue weighted by atomic mass is 10.1. The fourth-order valence-electron chi connectivity index (χ4n) is 0.770. The Bertz CT molecular complexity index is 438. The molecule has 0 unspecified atom stereocenters. The van der Waals surface area contributed by atoms with Crippen LogP contribution in [0.4, 0.5) is 11.4 Å². The van der Waals surface area contributed by atoms with E-state index in [1.54, 1.807) is 12.1 Å². The second-order valence-electron chi connectivity index (χ2n) is 3.15. The van der Waals surface area contributed by atoms with Crippen LogP contribution in [-0.4, -0.2) is 33.2 Å². The van der Waals surface area contributed by atoms with Gasteiger partial charge in [-0.2, -0.15) is 0 Å². The highest BCUT2D eigenvalue weighted by Crippen LogP contribution is 2.18. The van der Waals surface area contributed by atoms with E-state index >= 15 is 0 Å². The molecule has 19 heavy (non-hydrogen) atoms. The zero-order chi connectivity index (χ0) is 15.6. The lowest BCUT2D eigenvalue weighted by Crippen LogP contribution is -2.04. The van der Waals surface area contributed by atoms with Gasteiger partial charge in [-0.25, -0.2) is 4.79 Å². The van der Waals surface area contributed by atoms with E-state index in [4.69, 9.17) is 36.4 Å². The minimum Gasteiger partial charge on any atom is -0.481 e. The maximum atomic E-state index is 10.4. The Labute approximate surface area is 109 Å². The van der Waals surface area contributed by atoms with Crippen molar-refractivity contribution in [1.82, 2.24) is 0 Å². The highest BCUT2D eigenvalue weighted by molar-refractivity contribution is 5.96. The van der Waals surface area contributed by atoms with E-state index in [2.05, 4.69) is 0 Å². The molecule has 1 rings (SSSR count). The van der Waals surface area contributed by atoms with E-state index in [1.165, 1.54) is 6.07 Å². The van der Waals surface area contributed by atoms with Gasteiger partial charge >= 0.3 is 5.97 Å². The maximum absolute atomic E-state index is 10.4. The molecular formula is C11H16N2O6. The third-order valence-electron chi connectivity index (χ3n) is 1.37. The van der Waals surface area contributed by atoms with Gasteiger partial charge in [-0.05, 0) is 12.1 Å². The van der Waals surface area contributed by atoms with Crippen LogP contribution in [0.3, 0.4) is 0 Å². The Kier molecular flexibility index (Phi) is 9.08. The van der Waals surface area contributed by atoms with Crippen molar-refractivity contribution in [3.05, 3.63) is 23.8 Å². The number of aliphatic carboxylic acids is 2. The van der Waals surface area contributed by atoms with Crippen LogP contribution in [0.5, 0.6) is 0 Å². The number of benzene rings is 1. The summed E-state index contributed by atoms with van der Waals surface area (Å²) >= 11 is 0. The number of aromatic carboxylic acids is 1. The number of hydrogen-bond acceptors (Lipinski definition) is 5. The highest BCUT2D eigenvalue weighted by Gasteiger charge is 2.07. The van der Waals surface area contributed by atoms with E-state index < -0.39 is 17.9 Å². The number of para-hydroxylation sites is 1. The summed E-state index contributed by atoms with van der Waals surface area (Å²) in [6, 6.07) is 4.52. The summed E-state index contributed by atoms with van der Waals surface area (Å²) in [5.41, 5.74) is 11.2. The van der Waals surface area contributed by atoms with Crippen LogP contribution in [0.2, 0.25) is 0 Å². The number of rotatable bonds is 1. The molecule has 0 saturated carbocycles. The van der Waals surface area contributed by atoms with Gasteiger partial charge in [0, 0.05) is 13.8 Å². The Morgan fingerprint density at radius 3 is 1.58 bits per heavy atom. The minimum atomic E-state index is -1.06. The molecule has 0 bridgehead atoms. The predicted octanol–water partition coefficient (Wildman–Crippen LogP) is 0.731. The second kappa shape index (κ2) is 9.28. The molecule has 0 aromatic heterocycles. The van der Waals surface area contributed by atoms with E-state index in [0.29, 0.717) is 5.69 Å². The summed E-state index contributed by atoms with van der Waals surface area (Å²) in [5, 5.41) is 23.4. The first-order valence-corrected chi connectivity index (χ1v) is 4.85. The minimum absolute atomic E-state index is 0.0463. The van der Waals surface area contributed by atoms with E-state index in [9.17, 15) is 4.79 Å². The first-order valence-electron chi connectivity index (χ1n) is 4.85. The summed E-state index contributed by atoms with van der Waals surface area (Å²) in [5.74, 6) is -2.73. The fourth-order valence-corrected chi connectivity index (χ4v) is 0.770. The molecule has 0 spiro atoms. The number of anilines is 2. The quantitative estimate of drug-likeness (QED) is 0.467. The van der Waals surface area contributed by atoms with Gasteiger partial charge in [-0.1, -0.05) is 6.07 Å². The standard InChI is InChI=1S/C7H8N2O2.2C2H4O2/c8-5-3-1-2-4(6(5)9)7(10)11;2*1-2(3)4/h1-3H,8-9H2,(H,10,11);2*1H3,(H,3,4).